The fraction of sp³-hybridized carbons (Fsp3) is 0.333. The molecule has 0 amide bonds. The Balaban J connectivity index is 1.59. The molecule has 1 aliphatic heterocycles. The van der Waals surface area contributed by atoms with Crippen molar-refractivity contribution in [3.05, 3.63) is 83.6 Å². The minimum Gasteiger partial charge on any atom is -0.459 e. The number of carbonyl (C=O) groups is 1. The molecule has 1 aromatic heterocycles. The molecule has 32 heavy (non-hydrogen) atoms. The molecule has 1 saturated heterocycles. The molecule has 2 heterocycles. The standard InChI is InChI=1S/C27H31N3O2/c1-19(2)32-27(31)25-8-5-13-29-26(25)30-15-14-28-18-24(30)17-21-6-4-7-23(16-21)22-11-9-20(3)10-12-22/h4-13,16,19,24,28H,14-15,17-18H2,1-3H3. The Labute approximate surface area is 190 Å². The van der Waals surface area contributed by atoms with Crippen molar-refractivity contribution in [2.45, 2.75) is 39.3 Å². The van der Waals surface area contributed by atoms with Crippen LogP contribution in [0.25, 0.3) is 11.1 Å². The van der Waals surface area contributed by atoms with Crippen LogP contribution in [-0.2, 0) is 11.2 Å². The molecule has 4 rings (SSSR count). The molecule has 1 aliphatic rings. The molecular weight excluding hydrogens is 398 g/mol. The summed E-state index contributed by atoms with van der Waals surface area (Å²) in [5.41, 5.74) is 5.50. The van der Waals surface area contributed by atoms with Crippen LogP contribution in [0.5, 0.6) is 0 Å². The van der Waals surface area contributed by atoms with Gasteiger partial charge in [-0.1, -0.05) is 54.1 Å². The Morgan fingerprint density at radius 1 is 1.12 bits per heavy atom. The van der Waals surface area contributed by atoms with Gasteiger partial charge in [0.15, 0.2) is 0 Å². The SMILES string of the molecule is Cc1ccc(-c2cccc(CC3CNCCN3c3ncccc3C(=O)OC(C)C)c2)cc1. The molecule has 3 aromatic rings. The highest BCUT2D eigenvalue weighted by Crippen LogP contribution is 2.26. The summed E-state index contributed by atoms with van der Waals surface area (Å²) in [4.78, 5) is 19.6. The lowest BCUT2D eigenvalue weighted by atomic mass is 9.97. The van der Waals surface area contributed by atoms with E-state index in [2.05, 4.69) is 70.7 Å². The molecule has 1 fully saturated rings. The molecule has 1 atom stereocenters. The summed E-state index contributed by atoms with van der Waals surface area (Å²) in [5, 5.41) is 3.50. The summed E-state index contributed by atoms with van der Waals surface area (Å²) < 4.78 is 5.47. The molecule has 5 nitrogen and oxygen atoms in total. The number of hydrogen-bond acceptors (Lipinski definition) is 5. The molecule has 1 unspecified atom stereocenters. The first-order chi connectivity index (χ1) is 15.5. The van der Waals surface area contributed by atoms with Crippen molar-refractivity contribution in [1.29, 1.82) is 0 Å². The normalized spacial score (nSPS) is 16.2. The van der Waals surface area contributed by atoms with Crippen LogP contribution in [0.3, 0.4) is 0 Å². The van der Waals surface area contributed by atoms with Crippen LogP contribution in [0.4, 0.5) is 5.82 Å². The van der Waals surface area contributed by atoms with E-state index in [-0.39, 0.29) is 18.1 Å². The van der Waals surface area contributed by atoms with Gasteiger partial charge in [0.25, 0.3) is 0 Å². The average molecular weight is 430 g/mol. The number of hydrogen-bond donors (Lipinski definition) is 1. The Morgan fingerprint density at radius 3 is 2.72 bits per heavy atom. The lowest BCUT2D eigenvalue weighted by Gasteiger charge is -2.38. The molecule has 166 valence electrons. The zero-order valence-electron chi connectivity index (χ0n) is 19.0. The molecule has 2 aromatic carbocycles. The first kappa shape index (κ1) is 22.0. The van der Waals surface area contributed by atoms with E-state index in [0.717, 1.165) is 26.1 Å². The minimum atomic E-state index is -0.318. The molecule has 0 radical (unpaired) electrons. The molecule has 0 spiro atoms. The second-order valence-electron chi connectivity index (χ2n) is 8.65. The van der Waals surface area contributed by atoms with Crippen molar-refractivity contribution in [3.8, 4) is 11.1 Å². The van der Waals surface area contributed by atoms with Crippen LogP contribution in [0.15, 0.2) is 66.9 Å². The van der Waals surface area contributed by atoms with Gasteiger partial charge in [0.1, 0.15) is 11.4 Å². The number of rotatable bonds is 6. The molecule has 1 N–H and O–H groups in total. The van der Waals surface area contributed by atoms with E-state index in [1.165, 1.54) is 22.3 Å². The zero-order valence-corrected chi connectivity index (χ0v) is 19.0. The topological polar surface area (TPSA) is 54.5 Å². The number of esters is 1. The smallest absolute Gasteiger partial charge is 0.342 e. The third-order valence-corrected chi connectivity index (χ3v) is 5.75. The van der Waals surface area contributed by atoms with Crippen molar-refractivity contribution in [2.75, 3.05) is 24.5 Å². The van der Waals surface area contributed by atoms with Gasteiger partial charge in [0.2, 0.25) is 0 Å². The second-order valence-corrected chi connectivity index (χ2v) is 8.65. The van der Waals surface area contributed by atoms with E-state index in [9.17, 15) is 4.79 Å². The van der Waals surface area contributed by atoms with Gasteiger partial charge in [-0.15, -0.1) is 0 Å². The van der Waals surface area contributed by atoms with Crippen molar-refractivity contribution in [3.63, 3.8) is 0 Å². The van der Waals surface area contributed by atoms with Gasteiger partial charge in [0, 0.05) is 31.9 Å². The molecule has 5 heteroatoms. The summed E-state index contributed by atoms with van der Waals surface area (Å²) in [6.45, 7) is 8.32. The number of anilines is 1. The van der Waals surface area contributed by atoms with Gasteiger partial charge in [0.05, 0.1) is 6.10 Å². The van der Waals surface area contributed by atoms with Gasteiger partial charge in [-0.05, 0) is 56.0 Å². The van der Waals surface area contributed by atoms with Crippen LogP contribution < -0.4 is 10.2 Å². The maximum absolute atomic E-state index is 12.7. The number of ether oxygens (including phenoxy) is 1. The number of nitrogens with zero attached hydrogens (tertiary/aromatic N) is 2. The van der Waals surface area contributed by atoms with Crippen LogP contribution >= 0.6 is 0 Å². The Kier molecular flexibility index (Phi) is 6.86. The minimum absolute atomic E-state index is 0.168. The summed E-state index contributed by atoms with van der Waals surface area (Å²) in [5.74, 6) is 0.390. The Hall–Kier alpha value is -3.18. The average Bonchev–Trinajstić information content (AvgIpc) is 2.80. The van der Waals surface area contributed by atoms with E-state index >= 15 is 0 Å². The Morgan fingerprint density at radius 2 is 1.94 bits per heavy atom. The van der Waals surface area contributed by atoms with E-state index in [1.54, 1.807) is 12.3 Å². The highest BCUT2D eigenvalue weighted by molar-refractivity contribution is 5.95. The molecule has 0 saturated carbocycles. The van der Waals surface area contributed by atoms with Gasteiger partial charge < -0.3 is 15.0 Å². The van der Waals surface area contributed by atoms with Crippen LogP contribution in [0, 0.1) is 6.92 Å². The Bertz CT molecular complexity index is 1060. The van der Waals surface area contributed by atoms with Crippen molar-refractivity contribution >= 4 is 11.8 Å². The highest BCUT2D eigenvalue weighted by Gasteiger charge is 2.28. The summed E-state index contributed by atoms with van der Waals surface area (Å²) >= 11 is 0. The molecular formula is C27H31N3O2. The van der Waals surface area contributed by atoms with Crippen LogP contribution in [-0.4, -0.2) is 42.7 Å². The van der Waals surface area contributed by atoms with Crippen molar-refractivity contribution < 1.29 is 9.53 Å². The third-order valence-electron chi connectivity index (χ3n) is 5.75. The lowest BCUT2D eigenvalue weighted by Crippen LogP contribution is -2.53. The molecule has 0 aliphatic carbocycles. The van der Waals surface area contributed by atoms with Gasteiger partial charge >= 0.3 is 5.97 Å². The monoisotopic (exact) mass is 429 g/mol. The lowest BCUT2D eigenvalue weighted by molar-refractivity contribution is 0.0378. The van der Waals surface area contributed by atoms with Crippen molar-refractivity contribution in [1.82, 2.24) is 10.3 Å². The van der Waals surface area contributed by atoms with E-state index in [0.29, 0.717) is 11.4 Å². The fourth-order valence-corrected chi connectivity index (χ4v) is 4.18. The predicted octanol–water partition coefficient (Wildman–Crippen LogP) is 4.64. The number of carbonyl (C=O) groups excluding carboxylic acids is 1. The number of nitrogens with one attached hydrogen (secondary N) is 1. The maximum Gasteiger partial charge on any atom is 0.342 e. The zero-order chi connectivity index (χ0) is 22.5. The predicted molar refractivity (Wildman–Crippen MR) is 129 cm³/mol. The van der Waals surface area contributed by atoms with Gasteiger partial charge in [-0.2, -0.15) is 0 Å². The number of pyridine rings is 1. The van der Waals surface area contributed by atoms with E-state index in [1.807, 2.05) is 19.9 Å². The van der Waals surface area contributed by atoms with Crippen LogP contribution in [0.1, 0.15) is 35.3 Å². The number of piperazine rings is 1. The molecule has 0 bridgehead atoms. The maximum atomic E-state index is 12.7. The summed E-state index contributed by atoms with van der Waals surface area (Å²) in [7, 11) is 0. The third kappa shape index (κ3) is 5.17. The number of aryl methyl sites for hydroxylation is 1. The first-order valence-corrected chi connectivity index (χ1v) is 11.3. The quantitative estimate of drug-likeness (QED) is 0.579. The van der Waals surface area contributed by atoms with Crippen LogP contribution in [0.2, 0.25) is 0 Å². The summed E-state index contributed by atoms with van der Waals surface area (Å²) in [6, 6.07) is 21.2. The largest absolute Gasteiger partial charge is 0.459 e. The van der Waals surface area contributed by atoms with Crippen molar-refractivity contribution in [2.24, 2.45) is 0 Å². The number of aromatic nitrogens is 1. The van der Waals surface area contributed by atoms with Gasteiger partial charge in [-0.3, -0.25) is 0 Å². The second kappa shape index (κ2) is 9.96. The van der Waals surface area contributed by atoms with E-state index < -0.39 is 0 Å². The summed E-state index contributed by atoms with van der Waals surface area (Å²) in [6.07, 6.45) is 2.44. The van der Waals surface area contributed by atoms with E-state index in [4.69, 9.17) is 4.74 Å². The fourth-order valence-electron chi connectivity index (χ4n) is 4.18. The number of benzene rings is 2. The highest BCUT2D eigenvalue weighted by atomic mass is 16.5. The first-order valence-electron chi connectivity index (χ1n) is 11.3. The van der Waals surface area contributed by atoms with Gasteiger partial charge in [-0.25, -0.2) is 9.78 Å².